The third kappa shape index (κ3) is 4.50. The number of aromatic nitrogens is 1. The van der Waals surface area contributed by atoms with E-state index in [1.165, 1.54) is 16.5 Å². The summed E-state index contributed by atoms with van der Waals surface area (Å²) in [4.78, 5) is 3.37. The SMILES string of the molecule is Cc1ccc2[nH]c(C)c(CCNS(=O)(=O)CCc3ccccc3)c2c1. The number of hydrogen-bond donors (Lipinski definition) is 2. The summed E-state index contributed by atoms with van der Waals surface area (Å²) >= 11 is 0. The molecule has 3 aromatic rings. The number of benzene rings is 2. The molecule has 1 heterocycles. The molecule has 2 N–H and O–H groups in total. The van der Waals surface area contributed by atoms with Crippen molar-refractivity contribution >= 4 is 20.9 Å². The van der Waals surface area contributed by atoms with Crippen LogP contribution in [0.3, 0.4) is 0 Å². The number of aromatic amines is 1. The van der Waals surface area contributed by atoms with Crippen LogP contribution < -0.4 is 4.72 Å². The Morgan fingerprint density at radius 1 is 1.00 bits per heavy atom. The fourth-order valence-electron chi connectivity index (χ4n) is 3.12. The van der Waals surface area contributed by atoms with E-state index >= 15 is 0 Å². The molecule has 0 aliphatic heterocycles. The lowest BCUT2D eigenvalue weighted by Crippen LogP contribution is -2.29. The lowest BCUT2D eigenvalue weighted by atomic mass is 10.1. The van der Waals surface area contributed by atoms with Crippen molar-refractivity contribution in [2.24, 2.45) is 0 Å². The molecular formula is C20H24N2O2S. The summed E-state index contributed by atoms with van der Waals surface area (Å²) in [6, 6.07) is 16.0. The Morgan fingerprint density at radius 2 is 1.76 bits per heavy atom. The first-order chi connectivity index (χ1) is 11.9. The highest BCUT2D eigenvalue weighted by molar-refractivity contribution is 7.89. The first-order valence-electron chi connectivity index (χ1n) is 8.54. The van der Waals surface area contributed by atoms with E-state index in [-0.39, 0.29) is 5.75 Å². The maximum absolute atomic E-state index is 12.2. The topological polar surface area (TPSA) is 62.0 Å². The largest absolute Gasteiger partial charge is 0.358 e. The van der Waals surface area contributed by atoms with Crippen LogP contribution in [0.4, 0.5) is 0 Å². The summed E-state index contributed by atoms with van der Waals surface area (Å²) in [6.45, 7) is 4.52. The normalized spacial score (nSPS) is 11.9. The maximum atomic E-state index is 12.2. The van der Waals surface area contributed by atoms with Crippen LogP contribution in [0.25, 0.3) is 10.9 Å². The first-order valence-corrected chi connectivity index (χ1v) is 10.2. The van der Waals surface area contributed by atoms with Gasteiger partial charge in [0.05, 0.1) is 5.75 Å². The molecular weight excluding hydrogens is 332 g/mol. The minimum atomic E-state index is -3.27. The number of sulfonamides is 1. The van der Waals surface area contributed by atoms with Crippen LogP contribution in [0.2, 0.25) is 0 Å². The van der Waals surface area contributed by atoms with Crippen molar-refractivity contribution in [1.29, 1.82) is 0 Å². The second-order valence-electron chi connectivity index (χ2n) is 6.48. The predicted molar refractivity (Wildman–Crippen MR) is 103 cm³/mol. The number of nitrogens with one attached hydrogen (secondary N) is 2. The molecule has 0 aliphatic rings. The van der Waals surface area contributed by atoms with E-state index < -0.39 is 10.0 Å². The first kappa shape index (κ1) is 17.7. The van der Waals surface area contributed by atoms with Crippen LogP contribution in [-0.4, -0.2) is 25.7 Å². The lowest BCUT2D eigenvalue weighted by molar-refractivity contribution is 0.581. The van der Waals surface area contributed by atoms with Crippen molar-refractivity contribution in [3.8, 4) is 0 Å². The van der Waals surface area contributed by atoms with Crippen LogP contribution in [0.15, 0.2) is 48.5 Å². The molecule has 0 bridgehead atoms. The number of fused-ring (bicyclic) bond motifs is 1. The Hall–Kier alpha value is -2.11. The van der Waals surface area contributed by atoms with Gasteiger partial charge < -0.3 is 4.98 Å². The van der Waals surface area contributed by atoms with Gasteiger partial charge in [0.1, 0.15) is 0 Å². The van der Waals surface area contributed by atoms with Gasteiger partial charge in [-0.3, -0.25) is 0 Å². The third-order valence-electron chi connectivity index (χ3n) is 4.47. The van der Waals surface area contributed by atoms with Crippen molar-refractivity contribution in [2.75, 3.05) is 12.3 Å². The summed E-state index contributed by atoms with van der Waals surface area (Å²) in [5.41, 5.74) is 5.63. The molecule has 0 saturated heterocycles. The van der Waals surface area contributed by atoms with E-state index in [9.17, 15) is 8.42 Å². The second-order valence-corrected chi connectivity index (χ2v) is 8.40. The van der Waals surface area contributed by atoms with Gasteiger partial charge in [-0.1, -0.05) is 42.0 Å². The smallest absolute Gasteiger partial charge is 0.211 e. The van der Waals surface area contributed by atoms with Gasteiger partial charge in [-0.05, 0) is 49.9 Å². The molecule has 2 aromatic carbocycles. The Bertz CT molecular complexity index is 960. The Kier molecular flexibility index (Phi) is 5.25. The second kappa shape index (κ2) is 7.42. The van der Waals surface area contributed by atoms with Gasteiger partial charge in [0, 0.05) is 23.1 Å². The van der Waals surface area contributed by atoms with Gasteiger partial charge in [-0.15, -0.1) is 0 Å². The van der Waals surface area contributed by atoms with Gasteiger partial charge >= 0.3 is 0 Å². The zero-order valence-corrected chi connectivity index (χ0v) is 15.5. The van der Waals surface area contributed by atoms with Crippen molar-refractivity contribution in [1.82, 2.24) is 9.71 Å². The zero-order chi connectivity index (χ0) is 17.9. The van der Waals surface area contributed by atoms with E-state index in [1.807, 2.05) is 37.3 Å². The van der Waals surface area contributed by atoms with Crippen molar-refractivity contribution in [3.05, 3.63) is 70.9 Å². The molecule has 132 valence electrons. The average molecular weight is 356 g/mol. The molecule has 0 saturated carbocycles. The third-order valence-corrected chi connectivity index (χ3v) is 5.86. The van der Waals surface area contributed by atoms with Crippen molar-refractivity contribution < 1.29 is 8.42 Å². The van der Waals surface area contributed by atoms with Crippen LogP contribution >= 0.6 is 0 Å². The molecule has 0 atom stereocenters. The van der Waals surface area contributed by atoms with E-state index in [0.717, 1.165) is 16.8 Å². The van der Waals surface area contributed by atoms with E-state index in [2.05, 4.69) is 34.8 Å². The summed E-state index contributed by atoms with van der Waals surface area (Å²) in [7, 11) is -3.27. The van der Waals surface area contributed by atoms with Gasteiger partial charge in [0.25, 0.3) is 0 Å². The van der Waals surface area contributed by atoms with E-state index in [1.54, 1.807) is 0 Å². The van der Waals surface area contributed by atoms with Crippen LogP contribution in [-0.2, 0) is 22.9 Å². The van der Waals surface area contributed by atoms with Crippen LogP contribution in [0.1, 0.15) is 22.4 Å². The molecule has 5 heteroatoms. The van der Waals surface area contributed by atoms with E-state index in [4.69, 9.17) is 0 Å². The summed E-state index contributed by atoms with van der Waals surface area (Å²) in [6.07, 6.45) is 1.21. The summed E-state index contributed by atoms with van der Waals surface area (Å²) < 4.78 is 27.2. The minimum Gasteiger partial charge on any atom is -0.358 e. The summed E-state index contributed by atoms with van der Waals surface area (Å²) in [5.74, 6) is 0.114. The Balaban J connectivity index is 1.60. The average Bonchev–Trinajstić information content (AvgIpc) is 2.89. The minimum absolute atomic E-state index is 0.114. The molecule has 1 aromatic heterocycles. The molecule has 4 nitrogen and oxygen atoms in total. The molecule has 3 rings (SSSR count). The predicted octanol–water partition coefficient (Wildman–Crippen LogP) is 3.49. The van der Waals surface area contributed by atoms with Gasteiger partial charge in [0.2, 0.25) is 10.0 Å². The monoisotopic (exact) mass is 356 g/mol. The van der Waals surface area contributed by atoms with Crippen molar-refractivity contribution in [3.63, 3.8) is 0 Å². The standard InChI is InChI=1S/C20H24N2O2S/c1-15-8-9-20-19(14-15)18(16(2)22-20)10-12-21-25(23,24)13-11-17-6-4-3-5-7-17/h3-9,14,21-22H,10-13H2,1-2H3. The fourth-order valence-corrected chi connectivity index (χ4v) is 4.18. The Morgan fingerprint density at radius 3 is 2.52 bits per heavy atom. The molecule has 0 aliphatic carbocycles. The van der Waals surface area contributed by atoms with Crippen LogP contribution in [0, 0.1) is 13.8 Å². The Labute approximate surface area is 149 Å². The fraction of sp³-hybridized carbons (Fsp3) is 0.300. The molecule has 0 fully saturated rings. The molecule has 0 radical (unpaired) electrons. The van der Waals surface area contributed by atoms with Gasteiger partial charge in [0.15, 0.2) is 0 Å². The number of rotatable bonds is 7. The van der Waals surface area contributed by atoms with Crippen LogP contribution in [0.5, 0.6) is 0 Å². The van der Waals surface area contributed by atoms with Gasteiger partial charge in [-0.2, -0.15) is 0 Å². The number of aryl methyl sites for hydroxylation is 3. The molecule has 0 spiro atoms. The van der Waals surface area contributed by atoms with Gasteiger partial charge in [-0.25, -0.2) is 13.1 Å². The molecule has 25 heavy (non-hydrogen) atoms. The number of H-pyrrole nitrogens is 1. The molecule has 0 unspecified atom stereocenters. The van der Waals surface area contributed by atoms with Crippen molar-refractivity contribution in [2.45, 2.75) is 26.7 Å². The summed E-state index contributed by atoms with van der Waals surface area (Å²) in [5, 5.41) is 1.18. The highest BCUT2D eigenvalue weighted by atomic mass is 32.2. The molecule has 0 amide bonds. The number of hydrogen-bond acceptors (Lipinski definition) is 2. The highest BCUT2D eigenvalue weighted by Crippen LogP contribution is 2.23. The quantitative estimate of drug-likeness (QED) is 0.681. The highest BCUT2D eigenvalue weighted by Gasteiger charge is 2.12. The zero-order valence-electron chi connectivity index (χ0n) is 14.7. The maximum Gasteiger partial charge on any atom is 0.211 e. The lowest BCUT2D eigenvalue weighted by Gasteiger charge is -2.07. The van der Waals surface area contributed by atoms with E-state index in [0.29, 0.717) is 19.4 Å².